The van der Waals surface area contributed by atoms with Gasteiger partial charge < -0.3 is 32.7 Å². The van der Waals surface area contributed by atoms with Gasteiger partial charge in [-0.25, -0.2) is 9.46 Å². The number of ether oxygens (including phenoxy) is 5. The van der Waals surface area contributed by atoms with Crippen LogP contribution in [0.3, 0.4) is 0 Å². The molecule has 1 aliphatic rings. The molecule has 4 aromatic rings. The first-order valence-electron chi connectivity index (χ1n) is 20.1. The van der Waals surface area contributed by atoms with Gasteiger partial charge >= 0.3 is 5.69 Å². The molecule has 14 heteroatoms. The van der Waals surface area contributed by atoms with Crippen LogP contribution >= 0.6 is 8.53 Å². The van der Waals surface area contributed by atoms with Crippen LogP contribution in [0.1, 0.15) is 83.2 Å². The summed E-state index contributed by atoms with van der Waals surface area (Å²) in [7, 11) is 1.43. The van der Waals surface area contributed by atoms with E-state index in [9.17, 15) is 14.9 Å². The molecule has 0 saturated carbocycles. The summed E-state index contributed by atoms with van der Waals surface area (Å²) in [6.07, 6.45) is 4.17. The zero-order chi connectivity index (χ0) is 42.4. The van der Waals surface area contributed by atoms with E-state index in [1.54, 1.807) is 20.5 Å². The molecule has 5 rings (SSSR count). The van der Waals surface area contributed by atoms with Crippen molar-refractivity contribution in [2.45, 2.75) is 103 Å². The molecule has 0 spiro atoms. The van der Waals surface area contributed by atoms with Crippen LogP contribution in [0, 0.1) is 11.3 Å². The van der Waals surface area contributed by atoms with Crippen LogP contribution < -0.4 is 20.7 Å². The molecule has 5 atom stereocenters. The van der Waals surface area contributed by atoms with Gasteiger partial charge in [-0.3, -0.25) is 14.3 Å². The minimum absolute atomic E-state index is 0.00187. The van der Waals surface area contributed by atoms with Crippen LogP contribution in [0.5, 0.6) is 11.5 Å². The third-order valence-electron chi connectivity index (χ3n) is 9.98. The number of nitrogens with zero attached hydrogens (tertiary/aromatic N) is 3. The summed E-state index contributed by atoms with van der Waals surface area (Å²) in [4.78, 5) is 28.1. The number of rotatable bonds is 22. The van der Waals surface area contributed by atoms with Crippen molar-refractivity contribution in [1.82, 2.24) is 14.2 Å². The van der Waals surface area contributed by atoms with Crippen molar-refractivity contribution in [3.63, 3.8) is 0 Å². The van der Waals surface area contributed by atoms with Crippen molar-refractivity contribution >= 4 is 8.53 Å². The number of H-pyrrole nitrogens is 1. The van der Waals surface area contributed by atoms with Crippen molar-refractivity contribution in [1.29, 1.82) is 5.26 Å². The molecular formula is C45H57N4O9P. The van der Waals surface area contributed by atoms with Gasteiger partial charge in [-0.05, 0) is 87.6 Å². The number of nitriles is 1. The lowest BCUT2D eigenvalue weighted by Crippen LogP contribution is -2.43. The van der Waals surface area contributed by atoms with Crippen molar-refractivity contribution in [2.75, 3.05) is 27.4 Å². The summed E-state index contributed by atoms with van der Waals surface area (Å²) in [6.45, 7) is 10.4. The maximum atomic E-state index is 13.5. The number of methoxy groups -OCH3 is 2. The van der Waals surface area contributed by atoms with Gasteiger partial charge in [0, 0.05) is 24.3 Å². The number of unbranched alkanes of at least 4 members (excludes halogenated alkanes) is 2. The zero-order valence-corrected chi connectivity index (χ0v) is 35.9. The SMILES string of the molecule is CCCCC=CO[C@@H]1[C@H](OP(OCCC#N)N(C(C)C)C(C)C)[C@@H](COC(c2ccccc2)(c2ccc(OC)cc2)c2ccc(OC)cc2)O[C@H]1n1ccc(=O)[nH]c1=O. The van der Waals surface area contributed by atoms with E-state index in [4.69, 9.17) is 32.7 Å². The molecule has 1 N–H and O–H groups in total. The second-order valence-electron chi connectivity index (χ2n) is 14.6. The predicted molar refractivity (Wildman–Crippen MR) is 227 cm³/mol. The van der Waals surface area contributed by atoms with E-state index in [0.717, 1.165) is 36.0 Å². The van der Waals surface area contributed by atoms with Gasteiger partial charge in [-0.2, -0.15) is 5.26 Å². The molecule has 13 nitrogen and oxygen atoms in total. The molecule has 1 aromatic heterocycles. The fraction of sp³-hybridized carbons (Fsp3) is 0.444. The normalized spacial score (nSPS) is 18.7. The lowest BCUT2D eigenvalue weighted by molar-refractivity contribution is -0.0949. The molecule has 0 bridgehead atoms. The van der Waals surface area contributed by atoms with Gasteiger partial charge in [-0.15, -0.1) is 0 Å². The van der Waals surface area contributed by atoms with Crippen LogP contribution in [0.25, 0.3) is 0 Å². The number of benzene rings is 3. The molecule has 1 fully saturated rings. The highest BCUT2D eigenvalue weighted by Gasteiger charge is 2.52. The van der Waals surface area contributed by atoms with E-state index in [1.165, 1.54) is 16.8 Å². The van der Waals surface area contributed by atoms with Crippen molar-refractivity contribution in [3.05, 3.63) is 141 Å². The number of aromatic nitrogens is 2. The average Bonchev–Trinajstić information content (AvgIpc) is 3.57. The van der Waals surface area contributed by atoms with E-state index < -0.39 is 49.9 Å². The number of hydrogen-bond acceptors (Lipinski definition) is 11. The molecule has 59 heavy (non-hydrogen) atoms. The Morgan fingerprint density at radius 3 is 2.05 bits per heavy atom. The van der Waals surface area contributed by atoms with Gasteiger partial charge in [0.2, 0.25) is 0 Å². The lowest BCUT2D eigenvalue weighted by Gasteiger charge is -2.39. The zero-order valence-electron chi connectivity index (χ0n) is 35.0. The largest absolute Gasteiger partial charge is 0.497 e. The summed E-state index contributed by atoms with van der Waals surface area (Å²) in [5.74, 6) is 1.37. The van der Waals surface area contributed by atoms with E-state index in [2.05, 4.69) is 50.3 Å². The highest BCUT2D eigenvalue weighted by molar-refractivity contribution is 7.44. The average molecular weight is 829 g/mol. The maximum absolute atomic E-state index is 13.5. The Bertz CT molecular complexity index is 2010. The number of hydrogen-bond donors (Lipinski definition) is 1. The molecular weight excluding hydrogens is 771 g/mol. The predicted octanol–water partition coefficient (Wildman–Crippen LogP) is 8.21. The number of aromatic amines is 1. The third-order valence-corrected chi connectivity index (χ3v) is 12.1. The summed E-state index contributed by atoms with van der Waals surface area (Å²) in [5.41, 5.74) is 0.0711. The third kappa shape index (κ3) is 11.1. The second-order valence-corrected chi connectivity index (χ2v) is 16.0. The molecule has 316 valence electrons. The Kier molecular flexibility index (Phi) is 16.9. The van der Waals surface area contributed by atoms with Crippen LogP contribution in [0.15, 0.2) is 113 Å². The minimum atomic E-state index is -1.82. The quantitative estimate of drug-likeness (QED) is 0.0354. The van der Waals surface area contributed by atoms with Gasteiger partial charge in [0.1, 0.15) is 29.3 Å². The van der Waals surface area contributed by atoms with Gasteiger partial charge in [-0.1, -0.05) is 67.9 Å². The standard InChI is InChI=1S/C45H57N4O9P/c1-8-9-10-14-29-54-42-41(58-59(56-30-15-27-46)49(32(2)3)33(4)5)39(57-43(42)48-28-26-40(50)47-44(48)51)31-55-45(34-16-12-11-13-17-34,35-18-22-37(52-6)23-19-35)36-20-24-38(53-7)25-21-36/h11-14,16-26,28-29,32-33,39,41-43H,8-10,15,30-31H2,1-7H3,(H,47,50,51)/t39-,41-,42-,43-,59?/m1/s1. The van der Waals surface area contributed by atoms with Crippen LogP contribution in [0.4, 0.5) is 0 Å². The van der Waals surface area contributed by atoms with Crippen molar-refractivity contribution in [2.24, 2.45) is 0 Å². The molecule has 0 aliphatic carbocycles. The van der Waals surface area contributed by atoms with Crippen LogP contribution in [-0.4, -0.2) is 72.1 Å². The van der Waals surface area contributed by atoms with Gasteiger partial charge in [0.05, 0.1) is 46.2 Å². The second kappa shape index (κ2) is 22.0. The van der Waals surface area contributed by atoms with E-state index in [-0.39, 0.29) is 31.7 Å². The summed E-state index contributed by atoms with van der Waals surface area (Å²) >= 11 is 0. The van der Waals surface area contributed by atoms with E-state index in [0.29, 0.717) is 11.5 Å². The first-order chi connectivity index (χ1) is 28.6. The molecule has 0 radical (unpaired) electrons. The Morgan fingerprint density at radius 1 is 0.898 bits per heavy atom. The van der Waals surface area contributed by atoms with Crippen LogP contribution in [-0.2, 0) is 28.9 Å². The molecule has 0 amide bonds. The Labute approximate surface area is 348 Å². The van der Waals surface area contributed by atoms with Gasteiger partial charge in [0.25, 0.3) is 14.1 Å². The summed E-state index contributed by atoms with van der Waals surface area (Å²) in [6, 6.07) is 28.8. The summed E-state index contributed by atoms with van der Waals surface area (Å²) in [5, 5.41) is 9.44. The highest BCUT2D eigenvalue weighted by atomic mass is 31.2. The molecule has 1 unspecified atom stereocenters. The molecule has 2 heterocycles. The van der Waals surface area contributed by atoms with Gasteiger partial charge in [0.15, 0.2) is 12.3 Å². The first kappa shape index (κ1) is 45.3. The molecule has 1 aliphatic heterocycles. The Morgan fingerprint density at radius 2 is 1.51 bits per heavy atom. The first-order valence-corrected chi connectivity index (χ1v) is 21.2. The van der Waals surface area contributed by atoms with Crippen molar-refractivity contribution < 1.29 is 32.7 Å². The fourth-order valence-electron chi connectivity index (χ4n) is 7.18. The minimum Gasteiger partial charge on any atom is -0.497 e. The highest BCUT2D eigenvalue weighted by Crippen LogP contribution is 2.51. The Balaban J connectivity index is 1.68. The maximum Gasteiger partial charge on any atom is 0.330 e. The summed E-state index contributed by atoms with van der Waals surface area (Å²) < 4.78 is 48.7. The molecule has 3 aromatic carbocycles. The van der Waals surface area contributed by atoms with Crippen LogP contribution in [0.2, 0.25) is 0 Å². The van der Waals surface area contributed by atoms with E-state index in [1.807, 2.05) is 84.9 Å². The fourth-order valence-corrected chi connectivity index (χ4v) is 8.95. The van der Waals surface area contributed by atoms with E-state index >= 15 is 0 Å². The number of allylic oxidation sites excluding steroid dienone is 1. The lowest BCUT2D eigenvalue weighted by atomic mass is 9.80. The smallest absolute Gasteiger partial charge is 0.330 e. The van der Waals surface area contributed by atoms with Crippen molar-refractivity contribution in [3.8, 4) is 17.6 Å². The number of nitrogens with one attached hydrogen (secondary N) is 1. The topological polar surface area (TPSA) is 146 Å². The monoisotopic (exact) mass is 828 g/mol. The Hall–Kier alpha value is -4.80. The molecule has 1 saturated heterocycles.